The number of benzene rings is 2. The van der Waals surface area contributed by atoms with Crippen LogP contribution in [0.2, 0.25) is 0 Å². The first-order valence-corrected chi connectivity index (χ1v) is 11.1. The van der Waals surface area contributed by atoms with E-state index < -0.39 is 26.2 Å². The third-order valence-electron chi connectivity index (χ3n) is 3.75. The van der Waals surface area contributed by atoms with E-state index in [1.54, 1.807) is 36.4 Å². The minimum absolute atomic E-state index is 0.224. The molecule has 0 atom stereocenters. The van der Waals surface area contributed by atoms with E-state index in [2.05, 4.69) is 0 Å². The molecule has 27 heavy (non-hydrogen) atoms. The third kappa shape index (κ3) is 4.52. The van der Waals surface area contributed by atoms with Gasteiger partial charge in [0.2, 0.25) is 5.88 Å². The molecule has 2 aromatic carbocycles. The fourth-order valence-electron chi connectivity index (χ4n) is 2.72. The predicted octanol–water partition coefficient (Wildman–Crippen LogP) is 1.94. The molecule has 10 heteroatoms. The number of nitrogens with one attached hydrogen (secondary N) is 1. The van der Waals surface area contributed by atoms with Crippen LogP contribution in [0.4, 0.5) is 5.69 Å². The van der Waals surface area contributed by atoms with Gasteiger partial charge in [-0.2, -0.15) is 16.8 Å². The molecule has 0 spiro atoms. The van der Waals surface area contributed by atoms with E-state index in [0.717, 1.165) is 27.9 Å². The summed E-state index contributed by atoms with van der Waals surface area (Å²) < 4.78 is 55.0. The van der Waals surface area contributed by atoms with E-state index in [1.807, 2.05) is 17.7 Å². The number of nitrogens with zero attached hydrogens (tertiary/aromatic N) is 1. The zero-order valence-corrected chi connectivity index (χ0v) is 16.2. The lowest BCUT2D eigenvalue weighted by molar-refractivity contribution is 0.392. The maximum Gasteiger partial charge on any atom is 0.330 e. The summed E-state index contributed by atoms with van der Waals surface area (Å²) in [5.41, 5.74) is 2.66. The van der Waals surface area contributed by atoms with Crippen LogP contribution in [0.1, 0.15) is 16.7 Å². The molecule has 0 radical (unpaired) electrons. The largest absolute Gasteiger partial charge is 0.493 e. The first-order chi connectivity index (χ1) is 12.5. The summed E-state index contributed by atoms with van der Waals surface area (Å²) in [5, 5.41) is 9.43. The molecule has 2 N–H and O–H groups in total. The molecule has 0 amide bonds. The quantitative estimate of drug-likeness (QED) is 0.729. The summed E-state index contributed by atoms with van der Waals surface area (Å²) in [6.45, 7) is 1.88. The van der Waals surface area contributed by atoms with Crippen molar-refractivity contribution >= 4 is 26.0 Å². The van der Waals surface area contributed by atoms with Crippen LogP contribution in [0.25, 0.3) is 0 Å². The first kappa shape index (κ1) is 19.1. The van der Waals surface area contributed by atoms with Gasteiger partial charge in [0, 0.05) is 12.0 Å². The summed E-state index contributed by atoms with van der Waals surface area (Å²) in [6.07, 6.45) is 2.37. The molecule has 144 valence electrons. The van der Waals surface area contributed by atoms with Gasteiger partial charge < -0.3 is 9.29 Å². The smallest absolute Gasteiger partial charge is 0.330 e. The van der Waals surface area contributed by atoms with Gasteiger partial charge in [0.05, 0.1) is 18.1 Å². The fourth-order valence-corrected chi connectivity index (χ4v) is 4.25. The second-order valence-corrected chi connectivity index (χ2v) is 9.29. The van der Waals surface area contributed by atoms with E-state index in [9.17, 15) is 21.9 Å². The molecule has 1 heterocycles. The van der Waals surface area contributed by atoms with E-state index in [0.29, 0.717) is 17.7 Å². The van der Waals surface area contributed by atoms with Crippen LogP contribution in [0, 0.1) is 6.92 Å². The lowest BCUT2D eigenvalue weighted by Crippen LogP contribution is -2.29. The van der Waals surface area contributed by atoms with Gasteiger partial charge in [0.15, 0.2) is 0 Å². The van der Waals surface area contributed by atoms with Crippen LogP contribution < -0.4 is 13.2 Å². The van der Waals surface area contributed by atoms with Crippen LogP contribution in [0.3, 0.4) is 0 Å². The van der Waals surface area contributed by atoms with Crippen LogP contribution >= 0.6 is 0 Å². The zero-order valence-electron chi connectivity index (χ0n) is 14.6. The Morgan fingerprint density at radius 1 is 1.19 bits per heavy atom. The SMILES string of the molecule is Cc1ccc(OS(C)(=O)=O)c(Cc2cccc(N3C=C(O)NS3(=O)=O)c2)c1. The van der Waals surface area contributed by atoms with Gasteiger partial charge in [0.25, 0.3) is 0 Å². The lowest BCUT2D eigenvalue weighted by Gasteiger charge is -2.15. The van der Waals surface area contributed by atoms with Crippen molar-refractivity contribution in [1.29, 1.82) is 0 Å². The van der Waals surface area contributed by atoms with Crippen molar-refractivity contribution in [2.24, 2.45) is 0 Å². The van der Waals surface area contributed by atoms with Gasteiger partial charge in [-0.05, 0) is 30.7 Å². The Bertz CT molecular complexity index is 1120. The molecule has 0 aromatic heterocycles. The Morgan fingerprint density at radius 2 is 1.93 bits per heavy atom. The summed E-state index contributed by atoms with van der Waals surface area (Å²) in [5.74, 6) is -0.246. The maximum atomic E-state index is 12.0. The summed E-state index contributed by atoms with van der Waals surface area (Å²) in [6, 6.07) is 11.8. The van der Waals surface area contributed by atoms with Gasteiger partial charge in [-0.15, -0.1) is 0 Å². The van der Waals surface area contributed by atoms with Gasteiger partial charge in [-0.3, -0.25) is 0 Å². The fraction of sp³-hybridized carbons (Fsp3) is 0.176. The maximum absolute atomic E-state index is 12.0. The minimum atomic E-state index is -3.88. The normalized spacial score (nSPS) is 15.9. The van der Waals surface area contributed by atoms with Crippen LogP contribution in [-0.4, -0.2) is 28.2 Å². The van der Waals surface area contributed by atoms with Crippen LogP contribution in [0.5, 0.6) is 5.75 Å². The average Bonchev–Trinajstić information content (AvgIpc) is 2.82. The van der Waals surface area contributed by atoms with Crippen molar-refractivity contribution in [3.05, 3.63) is 71.2 Å². The average molecular weight is 410 g/mol. The molecule has 0 aliphatic carbocycles. The Morgan fingerprint density at radius 3 is 2.56 bits per heavy atom. The first-order valence-electron chi connectivity index (χ1n) is 7.84. The molecule has 0 bridgehead atoms. The standard InChI is InChI=1S/C17H18N2O6S2/c1-12-6-7-16(25-26(2,21)22)14(8-12)9-13-4-3-5-15(10-13)19-11-17(20)18-27(19,23)24/h3-8,10-11,18,20H,9H2,1-2H3. The van der Waals surface area contributed by atoms with Gasteiger partial charge in [-0.25, -0.2) is 9.03 Å². The highest BCUT2D eigenvalue weighted by molar-refractivity contribution is 7.91. The lowest BCUT2D eigenvalue weighted by atomic mass is 10.0. The zero-order chi connectivity index (χ0) is 19.8. The Balaban J connectivity index is 1.95. The van der Waals surface area contributed by atoms with Crippen LogP contribution in [0.15, 0.2) is 54.5 Å². The molecule has 1 aliphatic heterocycles. The molecular formula is C17H18N2O6S2. The number of rotatable bonds is 5. The predicted molar refractivity (Wildman–Crippen MR) is 101 cm³/mol. The number of hydrogen-bond donors (Lipinski definition) is 2. The van der Waals surface area contributed by atoms with Crippen molar-refractivity contribution in [3.63, 3.8) is 0 Å². The van der Waals surface area contributed by atoms with Gasteiger partial charge in [0.1, 0.15) is 5.75 Å². The molecule has 0 unspecified atom stereocenters. The minimum Gasteiger partial charge on any atom is -0.493 e. The van der Waals surface area contributed by atoms with Crippen molar-refractivity contribution in [1.82, 2.24) is 4.72 Å². The van der Waals surface area contributed by atoms with Gasteiger partial charge >= 0.3 is 20.3 Å². The number of anilines is 1. The number of aryl methyl sites for hydroxylation is 1. The summed E-state index contributed by atoms with van der Waals surface area (Å²) in [7, 11) is -7.56. The Hall–Kier alpha value is -2.72. The van der Waals surface area contributed by atoms with E-state index in [4.69, 9.17) is 4.18 Å². The molecule has 8 nitrogen and oxygen atoms in total. The number of aliphatic hydroxyl groups excluding tert-OH is 1. The third-order valence-corrected chi connectivity index (χ3v) is 5.53. The molecular weight excluding hydrogens is 392 g/mol. The Labute approximate surface area is 158 Å². The monoisotopic (exact) mass is 410 g/mol. The second-order valence-electron chi connectivity index (χ2n) is 6.16. The summed E-state index contributed by atoms with van der Waals surface area (Å²) in [4.78, 5) is 0. The van der Waals surface area contributed by atoms with E-state index in [-0.39, 0.29) is 5.75 Å². The summed E-state index contributed by atoms with van der Waals surface area (Å²) >= 11 is 0. The molecule has 0 saturated carbocycles. The topological polar surface area (TPSA) is 113 Å². The molecule has 2 aromatic rings. The Kier molecular flexibility index (Phi) is 4.79. The van der Waals surface area contributed by atoms with E-state index >= 15 is 0 Å². The van der Waals surface area contributed by atoms with Crippen molar-refractivity contribution in [2.75, 3.05) is 10.6 Å². The molecule has 0 fully saturated rings. The number of aliphatic hydroxyl groups is 1. The van der Waals surface area contributed by atoms with E-state index in [1.165, 1.54) is 0 Å². The molecule has 0 saturated heterocycles. The van der Waals surface area contributed by atoms with Crippen molar-refractivity contribution in [2.45, 2.75) is 13.3 Å². The van der Waals surface area contributed by atoms with Crippen LogP contribution in [-0.2, 0) is 26.7 Å². The second kappa shape index (κ2) is 6.78. The molecule has 3 rings (SSSR count). The number of hydrogen-bond acceptors (Lipinski definition) is 6. The van der Waals surface area contributed by atoms with Crippen molar-refractivity contribution < 1.29 is 26.1 Å². The molecule has 1 aliphatic rings. The highest BCUT2D eigenvalue weighted by atomic mass is 32.2. The van der Waals surface area contributed by atoms with Gasteiger partial charge in [-0.1, -0.05) is 29.8 Å². The van der Waals surface area contributed by atoms with Crippen molar-refractivity contribution in [3.8, 4) is 5.75 Å². The highest BCUT2D eigenvalue weighted by Gasteiger charge is 2.28. The highest BCUT2D eigenvalue weighted by Crippen LogP contribution is 2.28.